The Morgan fingerprint density at radius 2 is 2.16 bits per heavy atom. The number of aromatic hydroxyl groups is 1. The van der Waals surface area contributed by atoms with E-state index in [4.69, 9.17) is 4.74 Å². The van der Waals surface area contributed by atoms with Crippen molar-refractivity contribution in [2.45, 2.75) is 44.6 Å². The second-order valence-electron chi connectivity index (χ2n) is 5.62. The number of benzene rings is 1. The molecular formula is C15H21BrO3. The molecule has 3 nitrogen and oxygen atoms in total. The van der Waals surface area contributed by atoms with Crippen LogP contribution in [0.4, 0.5) is 0 Å². The van der Waals surface area contributed by atoms with Crippen molar-refractivity contribution < 1.29 is 14.9 Å². The van der Waals surface area contributed by atoms with Gasteiger partial charge >= 0.3 is 0 Å². The topological polar surface area (TPSA) is 49.7 Å². The summed E-state index contributed by atoms with van der Waals surface area (Å²) in [4.78, 5) is 0. The molecule has 2 N–H and O–H groups in total. The van der Waals surface area contributed by atoms with E-state index in [1.54, 1.807) is 13.2 Å². The van der Waals surface area contributed by atoms with Crippen LogP contribution >= 0.6 is 15.9 Å². The fraction of sp³-hybridized carbons (Fsp3) is 0.600. The molecule has 1 aliphatic rings. The predicted molar refractivity (Wildman–Crippen MR) is 78.6 cm³/mol. The Morgan fingerprint density at radius 1 is 1.42 bits per heavy atom. The van der Waals surface area contributed by atoms with Crippen molar-refractivity contribution in [3.63, 3.8) is 0 Å². The van der Waals surface area contributed by atoms with Crippen LogP contribution in [0.15, 0.2) is 16.6 Å². The van der Waals surface area contributed by atoms with Crippen LogP contribution in [0, 0.1) is 5.92 Å². The fourth-order valence-electron chi connectivity index (χ4n) is 2.88. The van der Waals surface area contributed by atoms with Gasteiger partial charge in [0.15, 0.2) is 0 Å². The van der Waals surface area contributed by atoms with Gasteiger partial charge in [-0.1, -0.05) is 12.8 Å². The van der Waals surface area contributed by atoms with Crippen LogP contribution in [0.3, 0.4) is 0 Å². The molecule has 1 aliphatic carbocycles. The third-order valence-electron chi connectivity index (χ3n) is 4.18. The first-order chi connectivity index (χ1) is 8.94. The molecule has 0 bridgehead atoms. The molecule has 0 aromatic heterocycles. The van der Waals surface area contributed by atoms with Crippen LogP contribution in [0.25, 0.3) is 0 Å². The third-order valence-corrected chi connectivity index (χ3v) is 4.80. The standard InChI is InChI=1S/C15H21BrO3/c1-15(18)6-4-3-5-11(15)7-10-8-14(19-2)12(16)9-13(10)17/h8-9,11,17-18H,3-7H2,1-2H3. The Labute approximate surface area is 122 Å². The molecule has 0 spiro atoms. The zero-order valence-electron chi connectivity index (χ0n) is 11.4. The maximum Gasteiger partial charge on any atom is 0.133 e. The molecule has 0 saturated heterocycles. The summed E-state index contributed by atoms with van der Waals surface area (Å²) in [5.41, 5.74) is 0.206. The number of ether oxygens (including phenoxy) is 1. The highest BCUT2D eigenvalue weighted by molar-refractivity contribution is 9.10. The molecule has 0 aliphatic heterocycles. The van der Waals surface area contributed by atoms with Crippen molar-refractivity contribution in [3.8, 4) is 11.5 Å². The van der Waals surface area contributed by atoms with Gasteiger partial charge in [-0.25, -0.2) is 0 Å². The summed E-state index contributed by atoms with van der Waals surface area (Å²) in [6.07, 6.45) is 4.76. The van der Waals surface area contributed by atoms with Crippen LogP contribution in [0.5, 0.6) is 11.5 Å². The first-order valence-corrected chi connectivity index (χ1v) is 7.51. The summed E-state index contributed by atoms with van der Waals surface area (Å²) < 4.78 is 6.00. The molecule has 1 aromatic rings. The third kappa shape index (κ3) is 3.23. The lowest BCUT2D eigenvalue weighted by atomic mass is 9.74. The molecule has 2 atom stereocenters. The van der Waals surface area contributed by atoms with Gasteiger partial charge in [-0.15, -0.1) is 0 Å². The highest BCUT2D eigenvalue weighted by Crippen LogP contribution is 2.39. The average molecular weight is 329 g/mol. The summed E-state index contributed by atoms with van der Waals surface area (Å²) in [6.45, 7) is 1.91. The van der Waals surface area contributed by atoms with Crippen molar-refractivity contribution >= 4 is 15.9 Å². The first kappa shape index (κ1) is 14.7. The van der Waals surface area contributed by atoms with Gasteiger partial charge in [0, 0.05) is 0 Å². The smallest absolute Gasteiger partial charge is 0.133 e. The Kier molecular flexibility index (Phi) is 4.41. The molecule has 0 heterocycles. The Morgan fingerprint density at radius 3 is 2.79 bits per heavy atom. The van der Waals surface area contributed by atoms with E-state index in [0.717, 1.165) is 35.7 Å². The Hall–Kier alpha value is -0.740. The van der Waals surface area contributed by atoms with Gasteiger partial charge in [-0.05, 0) is 65.7 Å². The number of hydrogen-bond acceptors (Lipinski definition) is 3. The zero-order valence-corrected chi connectivity index (χ0v) is 13.0. The van der Waals surface area contributed by atoms with Crippen LogP contribution < -0.4 is 4.74 Å². The van der Waals surface area contributed by atoms with Crippen molar-refractivity contribution in [1.82, 2.24) is 0 Å². The van der Waals surface area contributed by atoms with Gasteiger partial charge in [0.1, 0.15) is 11.5 Å². The van der Waals surface area contributed by atoms with Gasteiger partial charge in [0.25, 0.3) is 0 Å². The minimum atomic E-state index is -0.634. The maximum absolute atomic E-state index is 10.4. The highest BCUT2D eigenvalue weighted by atomic mass is 79.9. The molecule has 2 rings (SSSR count). The molecule has 1 aromatic carbocycles. The van der Waals surface area contributed by atoms with E-state index in [-0.39, 0.29) is 11.7 Å². The Balaban J connectivity index is 2.23. The Bertz CT molecular complexity index is 457. The second kappa shape index (κ2) is 5.71. The summed E-state index contributed by atoms with van der Waals surface area (Å²) in [7, 11) is 1.61. The van der Waals surface area contributed by atoms with E-state index in [2.05, 4.69) is 15.9 Å². The summed E-state index contributed by atoms with van der Waals surface area (Å²) in [6, 6.07) is 3.51. The molecular weight excluding hydrogens is 308 g/mol. The minimum Gasteiger partial charge on any atom is -0.508 e. The van der Waals surface area contributed by atoms with Gasteiger partial charge < -0.3 is 14.9 Å². The molecule has 19 heavy (non-hydrogen) atoms. The lowest BCUT2D eigenvalue weighted by molar-refractivity contribution is -0.0315. The number of methoxy groups -OCH3 is 1. The number of phenols is 1. The lowest BCUT2D eigenvalue weighted by Crippen LogP contribution is -2.38. The number of halogens is 1. The number of rotatable bonds is 3. The molecule has 2 unspecified atom stereocenters. The molecule has 1 saturated carbocycles. The van der Waals surface area contributed by atoms with Gasteiger partial charge in [-0.3, -0.25) is 0 Å². The number of phenolic OH excluding ortho intramolecular Hbond substituents is 1. The molecule has 1 fully saturated rings. The largest absolute Gasteiger partial charge is 0.508 e. The van der Waals surface area contributed by atoms with Crippen molar-refractivity contribution in [1.29, 1.82) is 0 Å². The summed E-state index contributed by atoms with van der Waals surface area (Å²) in [5.74, 6) is 1.16. The molecule has 0 amide bonds. The van der Waals surface area contributed by atoms with E-state index < -0.39 is 5.60 Å². The molecule has 4 heteroatoms. The fourth-order valence-corrected chi connectivity index (χ4v) is 3.37. The van der Waals surface area contributed by atoms with Gasteiger partial charge in [0.2, 0.25) is 0 Å². The van der Waals surface area contributed by atoms with E-state index >= 15 is 0 Å². The van der Waals surface area contributed by atoms with E-state index in [1.807, 2.05) is 13.0 Å². The van der Waals surface area contributed by atoms with Crippen LogP contribution in [0.1, 0.15) is 38.2 Å². The summed E-state index contributed by atoms with van der Waals surface area (Å²) >= 11 is 3.35. The van der Waals surface area contributed by atoms with Crippen LogP contribution in [0.2, 0.25) is 0 Å². The van der Waals surface area contributed by atoms with E-state index in [0.29, 0.717) is 12.2 Å². The first-order valence-electron chi connectivity index (χ1n) is 6.72. The van der Waals surface area contributed by atoms with E-state index in [9.17, 15) is 10.2 Å². The van der Waals surface area contributed by atoms with Crippen LogP contribution in [-0.2, 0) is 6.42 Å². The van der Waals surface area contributed by atoms with Crippen molar-refractivity contribution in [3.05, 3.63) is 22.2 Å². The minimum absolute atomic E-state index is 0.193. The number of hydrogen-bond donors (Lipinski definition) is 2. The van der Waals surface area contributed by atoms with Crippen molar-refractivity contribution in [2.75, 3.05) is 7.11 Å². The quantitative estimate of drug-likeness (QED) is 0.890. The average Bonchev–Trinajstić information content (AvgIpc) is 2.34. The SMILES string of the molecule is COc1cc(CC2CCCCC2(C)O)c(O)cc1Br. The highest BCUT2D eigenvalue weighted by Gasteiger charge is 2.34. The molecule has 106 valence electrons. The van der Waals surface area contributed by atoms with Gasteiger partial charge in [-0.2, -0.15) is 0 Å². The second-order valence-corrected chi connectivity index (χ2v) is 6.47. The normalized spacial score (nSPS) is 27.3. The zero-order chi connectivity index (χ0) is 14.0. The lowest BCUT2D eigenvalue weighted by Gasteiger charge is -2.37. The van der Waals surface area contributed by atoms with E-state index in [1.165, 1.54) is 0 Å². The van der Waals surface area contributed by atoms with Gasteiger partial charge in [0.05, 0.1) is 17.2 Å². The van der Waals surface area contributed by atoms with Crippen molar-refractivity contribution in [2.24, 2.45) is 5.92 Å². The van der Waals surface area contributed by atoms with Crippen LogP contribution in [-0.4, -0.2) is 22.9 Å². The maximum atomic E-state index is 10.4. The predicted octanol–water partition coefficient (Wildman–Crippen LogP) is 3.65. The summed E-state index contributed by atoms with van der Waals surface area (Å²) in [5, 5.41) is 20.5. The number of aliphatic hydroxyl groups is 1. The molecule has 0 radical (unpaired) electrons. The monoisotopic (exact) mass is 328 g/mol.